The molecule has 8 heteroatoms. The van der Waals surface area contributed by atoms with E-state index in [9.17, 15) is 14.7 Å². The van der Waals surface area contributed by atoms with Crippen LogP contribution in [0.5, 0.6) is 5.88 Å². The molecule has 0 spiro atoms. The van der Waals surface area contributed by atoms with Crippen LogP contribution in [0.1, 0.15) is 18.2 Å². The Labute approximate surface area is 146 Å². The number of furan rings is 1. The van der Waals surface area contributed by atoms with Crippen LogP contribution in [0.15, 0.2) is 61.7 Å². The average molecular weight is 360 g/mol. The maximum Gasteiger partial charge on any atom is 0.335 e. The van der Waals surface area contributed by atoms with E-state index in [0.717, 1.165) is 4.57 Å². The summed E-state index contributed by atoms with van der Waals surface area (Å²) in [4.78, 5) is 30.7. The molecule has 7 nitrogen and oxygen atoms in total. The fourth-order valence-corrected chi connectivity index (χ4v) is 2.48. The van der Waals surface area contributed by atoms with E-state index in [2.05, 4.69) is 9.98 Å². The molecule has 0 fully saturated rings. The first-order valence-corrected chi connectivity index (χ1v) is 7.73. The molecule has 1 aromatic carbocycles. The molecule has 25 heavy (non-hydrogen) atoms. The molecule has 0 aliphatic heterocycles. The van der Waals surface area contributed by atoms with Crippen LogP contribution in [0.3, 0.4) is 0 Å². The molecule has 0 aliphatic rings. The molecule has 2 aromatic heterocycles. The van der Waals surface area contributed by atoms with Gasteiger partial charge in [-0.1, -0.05) is 11.6 Å². The minimum Gasteiger partial charge on any atom is -0.493 e. The van der Waals surface area contributed by atoms with Crippen LogP contribution in [-0.4, -0.2) is 20.4 Å². The zero-order valence-electron chi connectivity index (χ0n) is 13.2. The van der Waals surface area contributed by atoms with Gasteiger partial charge in [-0.2, -0.15) is 0 Å². The Morgan fingerprint density at radius 1 is 1.28 bits per heavy atom. The van der Waals surface area contributed by atoms with Crippen molar-refractivity contribution in [3.63, 3.8) is 0 Å². The van der Waals surface area contributed by atoms with E-state index in [1.165, 1.54) is 6.26 Å². The van der Waals surface area contributed by atoms with Crippen molar-refractivity contribution < 1.29 is 9.52 Å². The van der Waals surface area contributed by atoms with E-state index in [4.69, 9.17) is 16.0 Å². The predicted octanol–water partition coefficient (Wildman–Crippen LogP) is 2.49. The molecule has 128 valence electrons. The molecule has 2 N–H and O–H groups in total. The molecule has 0 amide bonds. The molecule has 0 saturated carbocycles. The Hall–Kier alpha value is -3.06. The largest absolute Gasteiger partial charge is 0.493 e. The fraction of sp³-hybridized carbons (Fsp3) is 0.118. The molecule has 0 unspecified atom stereocenters. The van der Waals surface area contributed by atoms with Gasteiger partial charge < -0.3 is 9.52 Å². The fourth-order valence-electron chi connectivity index (χ4n) is 2.36. The summed E-state index contributed by atoms with van der Waals surface area (Å²) in [5.41, 5.74) is -0.914. The van der Waals surface area contributed by atoms with Crippen LogP contribution < -0.4 is 11.2 Å². The summed E-state index contributed by atoms with van der Waals surface area (Å²) >= 11 is 5.84. The van der Waals surface area contributed by atoms with E-state index < -0.39 is 17.1 Å². The van der Waals surface area contributed by atoms with Gasteiger partial charge in [0.15, 0.2) is 0 Å². The second-order valence-corrected chi connectivity index (χ2v) is 5.69. The summed E-state index contributed by atoms with van der Waals surface area (Å²) in [7, 11) is 0. The molecule has 0 aliphatic carbocycles. The number of aliphatic imine (C=N–C) groups is 1. The number of aromatic amines is 1. The molecular weight excluding hydrogens is 346 g/mol. The Balaban J connectivity index is 2.09. The lowest BCUT2D eigenvalue weighted by Crippen LogP contribution is -2.32. The van der Waals surface area contributed by atoms with Crippen LogP contribution >= 0.6 is 11.6 Å². The van der Waals surface area contributed by atoms with Crippen LogP contribution in [0.4, 0.5) is 0 Å². The highest BCUT2D eigenvalue weighted by Crippen LogP contribution is 2.19. The molecule has 0 radical (unpaired) electrons. The standard InChI is InChI=1S/C17H14ClN3O4/c1-10(19-9-13-3-2-8-25-13)14-15(22)20-17(24)21(16(14)23)12-6-4-11(18)5-7-12/h2-8,23H,9H2,1H3,(H,20,22,24). The predicted molar refractivity (Wildman–Crippen MR) is 94.0 cm³/mol. The van der Waals surface area contributed by atoms with Crippen molar-refractivity contribution in [1.82, 2.24) is 9.55 Å². The van der Waals surface area contributed by atoms with E-state index in [1.807, 2.05) is 0 Å². The van der Waals surface area contributed by atoms with Gasteiger partial charge in [0.2, 0.25) is 5.88 Å². The third-order valence-corrected chi connectivity index (χ3v) is 3.84. The van der Waals surface area contributed by atoms with Crippen molar-refractivity contribution in [1.29, 1.82) is 0 Å². The van der Waals surface area contributed by atoms with Crippen LogP contribution in [0.2, 0.25) is 5.02 Å². The second-order valence-electron chi connectivity index (χ2n) is 5.25. The number of nitrogens with one attached hydrogen (secondary N) is 1. The maximum absolute atomic E-state index is 12.1. The highest BCUT2D eigenvalue weighted by atomic mass is 35.5. The minimum absolute atomic E-state index is 0.0823. The van der Waals surface area contributed by atoms with Crippen molar-refractivity contribution in [3.8, 4) is 11.6 Å². The lowest BCUT2D eigenvalue weighted by molar-refractivity contribution is 0.429. The van der Waals surface area contributed by atoms with E-state index in [-0.39, 0.29) is 17.8 Å². The summed E-state index contributed by atoms with van der Waals surface area (Å²) in [6.45, 7) is 1.78. The number of rotatable bonds is 4. The first-order valence-electron chi connectivity index (χ1n) is 7.35. The first kappa shape index (κ1) is 16.8. The van der Waals surface area contributed by atoms with Crippen LogP contribution in [0.25, 0.3) is 5.69 Å². The van der Waals surface area contributed by atoms with Crippen molar-refractivity contribution in [3.05, 3.63) is 79.8 Å². The number of hydrogen-bond acceptors (Lipinski definition) is 5. The summed E-state index contributed by atoms with van der Waals surface area (Å²) in [5, 5.41) is 11.0. The summed E-state index contributed by atoms with van der Waals surface area (Å²) in [6, 6.07) is 9.74. The lowest BCUT2D eigenvalue weighted by Gasteiger charge is -2.11. The van der Waals surface area contributed by atoms with Crippen molar-refractivity contribution in [2.24, 2.45) is 4.99 Å². The molecule has 0 atom stereocenters. The number of benzene rings is 1. The third-order valence-electron chi connectivity index (χ3n) is 3.58. The third kappa shape index (κ3) is 3.41. The average Bonchev–Trinajstić information content (AvgIpc) is 3.07. The lowest BCUT2D eigenvalue weighted by atomic mass is 10.2. The molecule has 3 rings (SSSR count). The van der Waals surface area contributed by atoms with Gasteiger partial charge in [-0.05, 0) is 43.3 Å². The van der Waals surface area contributed by atoms with E-state index in [0.29, 0.717) is 16.5 Å². The number of H-pyrrole nitrogens is 1. The van der Waals surface area contributed by atoms with Gasteiger partial charge >= 0.3 is 5.69 Å². The van der Waals surface area contributed by atoms with Gasteiger partial charge in [0.05, 0.1) is 24.2 Å². The van der Waals surface area contributed by atoms with Gasteiger partial charge in [-0.25, -0.2) is 9.36 Å². The zero-order valence-corrected chi connectivity index (χ0v) is 13.9. The number of aromatic nitrogens is 2. The summed E-state index contributed by atoms with van der Waals surface area (Å²) < 4.78 is 6.17. The van der Waals surface area contributed by atoms with Gasteiger partial charge in [0.1, 0.15) is 11.3 Å². The topological polar surface area (TPSA) is 101 Å². The number of nitrogens with zero attached hydrogens (tertiary/aromatic N) is 2. The van der Waals surface area contributed by atoms with Gasteiger partial charge in [0.25, 0.3) is 5.56 Å². The first-order chi connectivity index (χ1) is 12.0. The minimum atomic E-state index is -0.757. The van der Waals surface area contributed by atoms with Crippen LogP contribution in [0, 0.1) is 0 Å². The number of aromatic hydroxyl groups is 1. The monoisotopic (exact) mass is 359 g/mol. The Morgan fingerprint density at radius 2 is 2.00 bits per heavy atom. The molecule has 2 heterocycles. The van der Waals surface area contributed by atoms with Crippen molar-refractivity contribution in [2.75, 3.05) is 0 Å². The van der Waals surface area contributed by atoms with E-state index >= 15 is 0 Å². The molecule has 0 saturated heterocycles. The zero-order chi connectivity index (χ0) is 18.0. The summed E-state index contributed by atoms with van der Waals surface area (Å²) in [6.07, 6.45) is 1.52. The molecular formula is C17H14ClN3O4. The van der Waals surface area contributed by atoms with Crippen molar-refractivity contribution >= 4 is 17.3 Å². The number of halogens is 1. The second kappa shape index (κ2) is 6.82. The SMILES string of the molecule is CC(=NCc1ccco1)c1c(O)n(-c2ccc(Cl)cc2)c(=O)[nH]c1=O. The molecule has 3 aromatic rings. The van der Waals surface area contributed by atoms with Gasteiger partial charge in [-0.15, -0.1) is 0 Å². The normalized spacial score (nSPS) is 11.7. The number of hydrogen-bond donors (Lipinski definition) is 2. The highest BCUT2D eigenvalue weighted by molar-refractivity contribution is 6.30. The van der Waals surface area contributed by atoms with E-state index in [1.54, 1.807) is 43.3 Å². The Bertz CT molecular complexity index is 1030. The maximum atomic E-state index is 12.1. The quantitative estimate of drug-likeness (QED) is 0.699. The smallest absolute Gasteiger partial charge is 0.335 e. The Morgan fingerprint density at radius 3 is 2.64 bits per heavy atom. The van der Waals surface area contributed by atoms with Crippen LogP contribution in [-0.2, 0) is 6.54 Å². The highest BCUT2D eigenvalue weighted by Gasteiger charge is 2.17. The summed E-state index contributed by atoms with van der Waals surface area (Å²) in [5.74, 6) is 0.123. The molecule has 0 bridgehead atoms. The Kier molecular flexibility index (Phi) is 4.58. The van der Waals surface area contributed by atoms with Crippen molar-refractivity contribution in [2.45, 2.75) is 13.5 Å². The van der Waals surface area contributed by atoms with Gasteiger partial charge in [-0.3, -0.25) is 14.8 Å². The van der Waals surface area contributed by atoms with Gasteiger partial charge in [0, 0.05) is 5.02 Å².